The SMILES string of the molecule is CC(=O)N1CCCN(C(=O)c2cn(-c3ccccc3)nc2-c2ccc(C)o2)CC1. The summed E-state index contributed by atoms with van der Waals surface area (Å²) in [7, 11) is 0. The van der Waals surface area contributed by atoms with E-state index in [1.807, 2.05) is 49.4 Å². The van der Waals surface area contributed by atoms with Gasteiger partial charge in [0.05, 0.1) is 11.3 Å². The number of hydrogen-bond acceptors (Lipinski definition) is 4. The maximum Gasteiger partial charge on any atom is 0.257 e. The van der Waals surface area contributed by atoms with E-state index < -0.39 is 0 Å². The second-order valence-corrected chi connectivity index (χ2v) is 7.23. The standard InChI is InChI=1S/C22H24N4O3/c1-16-9-10-20(29-16)21-19(15-26(23-21)18-7-4-3-5-8-18)22(28)25-12-6-11-24(13-14-25)17(2)27/h3-5,7-10,15H,6,11-14H2,1-2H3. The van der Waals surface area contributed by atoms with Gasteiger partial charge in [-0.15, -0.1) is 0 Å². The molecule has 1 aliphatic heterocycles. The molecule has 3 heterocycles. The summed E-state index contributed by atoms with van der Waals surface area (Å²) in [5.74, 6) is 1.28. The fourth-order valence-corrected chi connectivity index (χ4v) is 3.59. The van der Waals surface area contributed by atoms with Crippen LogP contribution in [0.15, 0.2) is 53.1 Å². The molecule has 0 saturated carbocycles. The highest BCUT2D eigenvalue weighted by Gasteiger charge is 2.27. The molecule has 7 heteroatoms. The number of furan rings is 1. The highest BCUT2D eigenvalue weighted by Crippen LogP contribution is 2.27. The number of aryl methyl sites for hydroxylation is 1. The number of aromatic nitrogens is 2. The second kappa shape index (κ2) is 7.95. The Morgan fingerprint density at radius 1 is 0.966 bits per heavy atom. The van der Waals surface area contributed by atoms with E-state index >= 15 is 0 Å². The molecule has 3 aromatic rings. The van der Waals surface area contributed by atoms with Crippen molar-refractivity contribution in [2.24, 2.45) is 0 Å². The molecule has 4 rings (SSSR count). The molecule has 0 unspecified atom stereocenters. The monoisotopic (exact) mass is 392 g/mol. The van der Waals surface area contributed by atoms with Gasteiger partial charge in [-0.25, -0.2) is 4.68 Å². The van der Waals surface area contributed by atoms with Gasteiger partial charge in [-0.2, -0.15) is 5.10 Å². The molecule has 2 amide bonds. The van der Waals surface area contributed by atoms with Gasteiger partial charge in [0.2, 0.25) is 5.91 Å². The van der Waals surface area contributed by atoms with Crippen molar-refractivity contribution >= 4 is 11.8 Å². The summed E-state index contributed by atoms with van der Waals surface area (Å²) >= 11 is 0. The van der Waals surface area contributed by atoms with Crippen LogP contribution < -0.4 is 0 Å². The minimum atomic E-state index is -0.0957. The van der Waals surface area contributed by atoms with Gasteiger partial charge in [-0.1, -0.05) is 18.2 Å². The van der Waals surface area contributed by atoms with Gasteiger partial charge in [0.25, 0.3) is 5.91 Å². The zero-order valence-corrected chi connectivity index (χ0v) is 16.7. The molecule has 1 fully saturated rings. The third kappa shape index (κ3) is 3.94. The average Bonchev–Trinajstić information content (AvgIpc) is 3.27. The topological polar surface area (TPSA) is 71.6 Å². The third-order valence-corrected chi connectivity index (χ3v) is 5.17. The average molecular weight is 392 g/mol. The molecule has 1 aromatic carbocycles. The Labute approximate surface area is 169 Å². The lowest BCUT2D eigenvalue weighted by Crippen LogP contribution is -2.36. The minimum absolute atomic E-state index is 0.0444. The first kappa shape index (κ1) is 19.0. The number of hydrogen-bond donors (Lipinski definition) is 0. The lowest BCUT2D eigenvalue weighted by molar-refractivity contribution is -0.128. The van der Waals surface area contributed by atoms with Crippen molar-refractivity contribution in [3.05, 3.63) is 60.0 Å². The molecule has 29 heavy (non-hydrogen) atoms. The van der Waals surface area contributed by atoms with E-state index in [4.69, 9.17) is 4.42 Å². The summed E-state index contributed by atoms with van der Waals surface area (Å²) in [6.07, 6.45) is 2.52. The van der Waals surface area contributed by atoms with Crippen molar-refractivity contribution in [3.8, 4) is 17.1 Å². The van der Waals surface area contributed by atoms with Gasteiger partial charge in [0, 0.05) is 39.3 Å². The van der Waals surface area contributed by atoms with Crippen LogP contribution in [0, 0.1) is 6.92 Å². The summed E-state index contributed by atoms with van der Waals surface area (Å²) in [6, 6.07) is 13.4. The number of rotatable bonds is 3. The van der Waals surface area contributed by atoms with Gasteiger partial charge in [-0.3, -0.25) is 9.59 Å². The van der Waals surface area contributed by atoms with Crippen molar-refractivity contribution in [2.75, 3.05) is 26.2 Å². The molecular weight excluding hydrogens is 368 g/mol. The minimum Gasteiger partial charge on any atom is -0.460 e. The highest BCUT2D eigenvalue weighted by molar-refractivity contribution is 5.99. The Hall–Kier alpha value is -3.35. The molecule has 150 valence electrons. The number of para-hydroxylation sites is 1. The maximum absolute atomic E-state index is 13.4. The van der Waals surface area contributed by atoms with Gasteiger partial charge in [-0.05, 0) is 37.6 Å². The normalized spacial score (nSPS) is 14.7. The van der Waals surface area contributed by atoms with Crippen molar-refractivity contribution in [2.45, 2.75) is 20.3 Å². The van der Waals surface area contributed by atoms with Crippen LogP contribution >= 0.6 is 0 Å². The van der Waals surface area contributed by atoms with Crippen LogP contribution in [0.3, 0.4) is 0 Å². The van der Waals surface area contributed by atoms with Crippen LogP contribution in [-0.2, 0) is 4.79 Å². The first-order valence-electron chi connectivity index (χ1n) is 9.79. The first-order chi connectivity index (χ1) is 14.0. The number of benzene rings is 1. The van der Waals surface area contributed by atoms with Crippen LogP contribution in [-0.4, -0.2) is 57.6 Å². The Bertz CT molecular complexity index is 1020. The van der Waals surface area contributed by atoms with Gasteiger partial charge < -0.3 is 14.2 Å². The number of nitrogens with zero attached hydrogens (tertiary/aromatic N) is 4. The molecule has 1 saturated heterocycles. The van der Waals surface area contributed by atoms with Crippen molar-refractivity contribution in [1.82, 2.24) is 19.6 Å². The van der Waals surface area contributed by atoms with Crippen molar-refractivity contribution < 1.29 is 14.0 Å². The van der Waals surface area contributed by atoms with E-state index in [-0.39, 0.29) is 11.8 Å². The zero-order valence-electron chi connectivity index (χ0n) is 16.7. The molecule has 1 aliphatic rings. The van der Waals surface area contributed by atoms with Crippen LogP contribution in [0.4, 0.5) is 0 Å². The van der Waals surface area contributed by atoms with E-state index in [9.17, 15) is 9.59 Å². The fraction of sp³-hybridized carbons (Fsp3) is 0.318. The molecular formula is C22H24N4O3. The largest absolute Gasteiger partial charge is 0.460 e. The fourth-order valence-electron chi connectivity index (χ4n) is 3.59. The quantitative estimate of drug-likeness (QED) is 0.687. The predicted octanol–water partition coefficient (Wildman–Crippen LogP) is 3.14. The lowest BCUT2D eigenvalue weighted by Gasteiger charge is -2.21. The highest BCUT2D eigenvalue weighted by atomic mass is 16.3. The molecule has 0 aliphatic carbocycles. The summed E-state index contributed by atoms with van der Waals surface area (Å²) < 4.78 is 7.48. The van der Waals surface area contributed by atoms with E-state index in [0.717, 1.165) is 17.9 Å². The van der Waals surface area contributed by atoms with Crippen LogP contribution in [0.1, 0.15) is 29.5 Å². The van der Waals surface area contributed by atoms with E-state index in [2.05, 4.69) is 5.10 Å². The van der Waals surface area contributed by atoms with Gasteiger partial charge in [0.15, 0.2) is 5.76 Å². The number of carbonyl (C=O) groups is 2. The molecule has 2 aromatic heterocycles. The van der Waals surface area contributed by atoms with Crippen LogP contribution in [0.25, 0.3) is 17.1 Å². The summed E-state index contributed by atoms with van der Waals surface area (Å²) in [6.45, 7) is 5.76. The Kier molecular flexibility index (Phi) is 5.20. The molecule has 0 spiro atoms. The molecule has 7 nitrogen and oxygen atoms in total. The molecule has 0 bridgehead atoms. The summed E-state index contributed by atoms with van der Waals surface area (Å²) in [5.41, 5.74) is 1.90. The van der Waals surface area contributed by atoms with Crippen molar-refractivity contribution in [3.63, 3.8) is 0 Å². The molecule has 0 N–H and O–H groups in total. The zero-order chi connectivity index (χ0) is 20.4. The van der Waals surface area contributed by atoms with Crippen LogP contribution in [0.5, 0.6) is 0 Å². The second-order valence-electron chi connectivity index (χ2n) is 7.23. The summed E-state index contributed by atoms with van der Waals surface area (Å²) in [4.78, 5) is 28.7. The smallest absolute Gasteiger partial charge is 0.257 e. The Morgan fingerprint density at radius 3 is 2.38 bits per heavy atom. The summed E-state index contributed by atoms with van der Waals surface area (Å²) in [5, 5.41) is 4.66. The maximum atomic E-state index is 13.4. The van der Waals surface area contributed by atoms with Crippen LogP contribution in [0.2, 0.25) is 0 Å². The molecule has 0 atom stereocenters. The first-order valence-corrected chi connectivity index (χ1v) is 9.79. The Morgan fingerprint density at radius 2 is 1.69 bits per heavy atom. The number of amides is 2. The van der Waals surface area contributed by atoms with E-state index in [1.165, 1.54) is 0 Å². The van der Waals surface area contributed by atoms with E-state index in [0.29, 0.717) is 43.2 Å². The van der Waals surface area contributed by atoms with Crippen molar-refractivity contribution in [1.29, 1.82) is 0 Å². The molecule has 0 radical (unpaired) electrons. The van der Waals surface area contributed by atoms with Gasteiger partial charge >= 0.3 is 0 Å². The lowest BCUT2D eigenvalue weighted by atomic mass is 10.2. The third-order valence-electron chi connectivity index (χ3n) is 5.17. The predicted molar refractivity (Wildman–Crippen MR) is 109 cm³/mol. The number of carbonyl (C=O) groups excluding carboxylic acids is 2. The van der Waals surface area contributed by atoms with Gasteiger partial charge in [0.1, 0.15) is 11.5 Å². The van der Waals surface area contributed by atoms with E-state index in [1.54, 1.807) is 27.6 Å². The Balaban J connectivity index is 1.69.